The van der Waals surface area contributed by atoms with Crippen molar-refractivity contribution in [1.29, 1.82) is 0 Å². The Morgan fingerprint density at radius 1 is 1.40 bits per heavy atom. The minimum Gasteiger partial charge on any atom is -0.409 e. The third-order valence-electron chi connectivity index (χ3n) is 3.39. The van der Waals surface area contributed by atoms with Crippen molar-refractivity contribution >= 4 is 27.2 Å². The van der Waals surface area contributed by atoms with Gasteiger partial charge in [0, 0.05) is 4.88 Å². The van der Waals surface area contributed by atoms with E-state index in [1.165, 1.54) is 11.3 Å². The van der Waals surface area contributed by atoms with E-state index < -0.39 is 15.6 Å². The number of nitrogens with two attached hydrogens (primary N) is 1. The van der Waals surface area contributed by atoms with Crippen LogP contribution in [0.25, 0.3) is 0 Å². The van der Waals surface area contributed by atoms with Gasteiger partial charge >= 0.3 is 0 Å². The molecule has 1 aromatic heterocycles. The molecule has 0 saturated heterocycles. The van der Waals surface area contributed by atoms with Crippen molar-refractivity contribution in [3.63, 3.8) is 0 Å². The van der Waals surface area contributed by atoms with Crippen LogP contribution in [0.5, 0.6) is 0 Å². The first-order chi connectivity index (χ1) is 9.35. The van der Waals surface area contributed by atoms with Gasteiger partial charge in [-0.3, -0.25) is 0 Å². The van der Waals surface area contributed by atoms with E-state index in [0.717, 1.165) is 11.3 Å². The maximum absolute atomic E-state index is 12.4. The maximum Gasteiger partial charge on any atom is 0.250 e. The summed E-state index contributed by atoms with van der Waals surface area (Å²) in [5.41, 5.74) is 4.60. The molecule has 20 heavy (non-hydrogen) atoms. The number of aryl methyl sites for hydroxylation is 1. The molecule has 0 fully saturated rings. The van der Waals surface area contributed by atoms with Crippen LogP contribution >= 0.6 is 11.3 Å². The van der Waals surface area contributed by atoms with E-state index in [1.54, 1.807) is 26.0 Å². The Morgan fingerprint density at radius 2 is 2.00 bits per heavy atom. The molecule has 0 radical (unpaired) electrons. The summed E-state index contributed by atoms with van der Waals surface area (Å²) in [6.07, 6.45) is 1.57. The molecule has 8 heteroatoms. The molecular weight excluding hydrogens is 298 g/mol. The maximum atomic E-state index is 12.4. The molecule has 0 amide bonds. The van der Waals surface area contributed by atoms with E-state index >= 15 is 0 Å². The second-order valence-electron chi connectivity index (χ2n) is 4.45. The summed E-state index contributed by atoms with van der Waals surface area (Å²) in [4.78, 5) is 0.993. The molecule has 0 saturated carbocycles. The fraction of sp³-hybridized carbons (Fsp3) is 0.583. The second kappa shape index (κ2) is 6.55. The number of nitrogens with zero attached hydrogens (tertiary/aromatic N) is 1. The number of hydrogen-bond acceptors (Lipinski definition) is 5. The van der Waals surface area contributed by atoms with E-state index in [1.807, 2.05) is 6.92 Å². The quantitative estimate of drug-likeness (QED) is 0.309. The first-order valence-electron chi connectivity index (χ1n) is 6.45. The van der Waals surface area contributed by atoms with Gasteiger partial charge in [0.15, 0.2) is 5.84 Å². The van der Waals surface area contributed by atoms with Gasteiger partial charge in [-0.05, 0) is 31.4 Å². The molecule has 1 heterocycles. The summed E-state index contributed by atoms with van der Waals surface area (Å²) in [5.74, 6) is -0.127. The van der Waals surface area contributed by atoms with E-state index in [9.17, 15) is 8.42 Å². The van der Waals surface area contributed by atoms with Gasteiger partial charge in [0.05, 0.1) is 5.54 Å². The van der Waals surface area contributed by atoms with Gasteiger partial charge in [-0.25, -0.2) is 8.42 Å². The minimum atomic E-state index is -3.69. The van der Waals surface area contributed by atoms with E-state index in [-0.39, 0.29) is 10.0 Å². The number of nitrogens with one attached hydrogen (secondary N) is 1. The van der Waals surface area contributed by atoms with Crippen molar-refractivity contribution in [3.8, 4) is 0 Å². The van der Waals surface area contributed by atoms with Crippen molar-refractivity contribution in [2.24, 2.45) is 10.9 Å². The molecule has 0 aliphatic heterocycles. The number of amidine groups is 1. The monoisotopic (exact) mass is 319 g/mol. The van der Waals surface area contributed by atoms with Gasteiger partial charge in [0.25, 0.3) is 10.0 Å². The predicted octanol–water partition coefficient (Wildman–Crippen LogP) is 1.89. The fourth-order valence-electron chi connectivity index (χ4n) is 1.90. The van der Waals surface area contributed by atoms with Gasteiger partial charge in [-0.2, -0.15) is 4.72 Å². The first kappa shape index (κ1) is 16.9. The molecule has 0 aliphatic carbocycles. The highest BCUT2D eigenvalue weighted by atomic mass is 32.2. The molecule has 1 rings (SSSR count). The van der Waals surface area contributed by atoms with Crippen LogP contribution in [0, 0.1) is 0 Å². The zero-order valence-corrected chi connectivity index (χ0v) is 13.5. The van der Waals surface area contributed by atoms with Gasteiger partial charge in [-0.1, -0.05) is 25.9 Å². The fourth-order valence-corrected chi connectivity index (χ4v) is 4.72. The highest BCUT2D eigenvalue weighted by molar-refractivity contribution is 7.91. The lowest BCUT2D eigenvalue weighted by Gasteiger charge is -2.30. The molecule has 0 aliphatic rings. The normalized spacial score (nSPS) is 13.7. The summed E-state index contributed by atoms with van der Waals surface area (Å²) in [5, 5.41) is 11.8. The first-order valence-corrected chi connectivity index (χ1v) is 8.75. The molecule has 4 N–H and O–H groups in total. The zero-order chi connectivity index (χ0) is 15.4. The molecule has 0 bridgehead atoms. The molecule has 114 valence electrons. The summed E-state index contributed by atoms with van der Waals surface area (Å²) >= 11 is 1.23. The molecule has 0 aromatic carbocycles. The summed E-state index contributed by atoms with van der Waals surface area (Å²) < 4.78 is 27.7. The van der Waals surface area contributed by atoms with Crippen LogP contribution in [0.2, 0.25) is 0 Å². The molecular formula is C12H21N3O3S2. The van der Waals surface area contributed by atoms with E-state index in [2.05, 4.69) is 9.88 Å². The Balaban J connectivity index is 3.15. The molecule has 1 aromatic rings. The third-order valence-corrected chi connectivity index (χ3v) is 6.64. The Kier molecular flexibility index (Phi) is 5.55. The lowest BCUT2D eigenvalue weighted by molar-refractivity contribution is 0.307. The lowest BCUT2D eigenvalue weighted by atomic mass is 9.93. The number of hydrogen-bond donors (Lipinski definition) is 3. The van der Waals surface area contributed by atoms with Crippen LogP contribution in [0.4, 0.5) is 0 Å². The third kappa shape index (κ3) is 3.31. The number of thiophene rings is 1. The molecule has 0 atom stereocenters. The van der Waals surface area contributed by atoms with Crippen molar-refractivity contribution in [3.05, 3.63) is 17.0 Å². The second-order valence-corrected chi connectivity index (χ2v) is 7.53. The lowest BCUT2D eigenvalue weighted by Crippen LogP contribution is -2.56. The Labute approximate surface area is 123 Å². The van der Waals surface area contributed by atoms with Crippen LogP contribution in [0.3, 0.4) is 0 Å². The zero-order valence-electron chi connectivity index (χ0n) is 11.9. The highest BCUT2D eigenvalue weighted by Gasteiger charge is 2.37. The van der Waals surface area contributed by atoms with Crippen LogP contribution in [-0.4, -0.2) is 25.0 Å². The largest absolute Gasteiger partial charge is 0.409 e. The Bertz CT molecular complexity index is 575. The minimum absolute atomic E-state index is 0.127. The van der Waals surface area contributed by atoms with E-state index in [0.29, 0.717) is 12.8 Å². The van der Waals surface area contributed by atoms with Gasteiger partial charge in [0.2, 0.25) is 0 Å². The van der Waals surface area contributed by atoms with Crippen LogP contribution in [-0.2, 0) is 16.4 Å². The highest BCUT2D eigenvalue weighted by Crippen LogP contribution is 2.25. The van der Waals surface area contributed by atoms with Gasteiger partial charge in [0.1, 0.15) is 4.21 Å². The van der Waals surface area contributed by atoms with Crippen molar-refractivity contribution in [1.82, 2.24) is 4.72 Å². The SMILES string of the molecule is CCc1ccc(S(=O)(=O)NC(CC)(CC)C(N)=NO)s1. The number of oxime groups is 1. The summed E-state index contributed by atoms with van der Waals surface area (Å²) in [7, 11) is -3.69. The van der Waals surface area contributed by atoms with Crippen LogP contribution in [0.1, 0.15) is 38.5 Å². The smallest absolute Gasteiger partial charge is 0.250 e. The van der Waals surface area contributed by atoms with Crippen molar-refractivity contribution in [2.75, 3.05) is 0 Å². The van der Waals surface area contributed by atoms with Crippen LogP contribution in [0.15, 0.2) is 21.5 Å². The summed E-state index contributed by atoms with van der Waals surface area (Å²) in [6.45, 7) is 5.54. The van der Waals surface area contributed by atoms with E-state index in [4.69, 9.17) is 10.9 Å². The summed E-state index contributed by atoms with van der Waals surface area (Å²) in [6, 6.07) is 3.37. The van der Waals surface area contributed by atoms with Gasteiger partial charge < -0.3 is 10.9 Å². The Morgan fingerprint density at radius 3 is 2.40 bits per heavy atom. The molecule has 0 unspecified atom stereocenters. The number of rotatable bonds is 7. The average Bonchev–Trinajstić information content (AvgIpc) is 2.93. The van der Waals surface area contributed by atoms with Crippen molar-refractivity contribution < 1.29 is 13.6 Å². The molecule has 0 spiro atoms. The number of sulfonamides is 1. The molecule has 6 nitrogen and oxygen atoms in total. The topological polar surface area (TPSA) is 105 Å². The van der Waals surface area contributed by atoms with Crippen molar-refractivity contribution in [2.45, 2.75) is 49.8 Å². The Hall–Kier alpha value is -1.12. The average molecular weight is 319 g/mol. The van der Waals surface area contributed by atoms with Crippen LogP contribution < -0.4 is 10.5 Å². The van der Waals surface area contributed by atoms with Gasteiger partial charge in [-0.15, -0.1) is 11.3 Å². The standard InChI is InChI=1S/C12H21N3O3S2/c1-4-9-7-8-10(19-9)20(17,18)15-12(5-2,6-3)11(13)14-16/h7-8,15-16H,4-6H2,1-3H3,(H2,13,14). The predicted molar refractivity (Wildman–Crippen MR) is 80.7 cm³/mol.